The Bertz CT molecular complexity index is 1250. The third-order valence-corrected chi connectivity index (χ3v) is 10.2. The van der Waals surface area contributed by atoms with Gasteiger partial charge in [0.1, 0.15) is 14.5 Å². The van der Waals surface area contributed by atoms with Crippen LogP contribution >= 0.6 is 47.8 Å². The molecule has 0 heterocycles. The first kappa shape index (κ1) is 28.4. The number of benzene rings is 4. The summed E-state index contributed by atoms with van der Waals surface area (Å²) in [6.07, 6.45) is 0. The number of hydrogen-bond acceptors (Lipinski definition) is 2. The monoisotopic (exact) mass is 686 g/mol. The number of hydrogen-bond donors (Lipinski definition) is 2. The smallest absolute Gasteiger partial charge is 0.259 e. The lowest BCUT2D eigenvalue weighted by atomic mass is 10.2. The van der Waals surface area contributed by atoms with Gasteiger partial charge in [0.2, 0.25) is 0 Å². The Labute approximate surface area is 240 Å². The number of phenols is 1. The molecule has 0 aliphatic rings. The van der Waals surface area contributed by atoms with Gasteiger partial charge in [-0.3, -0.25) is 4.79 Å². The summed E-state index contributed by atoms with van der Waals surface area (Å²) in [6.45, 7) is 7.05. The molecule has 0 saturated carbocycles. The first-order valence-corrected chi connectivity index (χ1v) is 15.2. The van der Waals surface area contributed by atoms with Crippen molar-refractivity contribution in [3.63, 3.8) is 0 Å². The zero-order valence-corrected chi connectivity index (χ0v) is 26.0. The van der Waals surface area contributed by atoms with Crippen molar-refractivity contribution in [1.29, 1.82) is 0 Å². The van der Waals surface area contributed by atoms with Crippen LogP contribution in [0.25, 0.3) is 0 Å². The van der Waals surface area contributed by atoms with Crippen molar-refractivity contribution in [1.82, 2.24) is 0 Å². The zero-order valence-electron chi connectivity index (χ0n) is 20.2. The molecule has 7 heteroatoms. The fourth-order valence-electron chi connectivity index (χ4n) is 3.71. The van der Waals surface area contributed by atoms with Gasteiger partial charge in [0.15, 0.2) is 0 Å². The number of carbonyl (C=O) groups excluding carboxylic acids is 1. The van der Waals surface area contributed by atoms with E-state index in [4.69, 9.17) is 0 Å². The highest BCUT2D eigenvalue weighted by Crippen LogP contribution is 2.32. The van der Waals surface area contributed by atoms with Crippen LogP contribution in [-0.4, -0.2) is 19.8 Å². The highest BCUT2D eigenvalue weighted by molar-refractivity contribution is 9.11. The Morgan fingerprint density at radius 2 is 1.25 bits per heavy atom. The maximum Gasteiger partial charge on any atom is 0.259 e. The molecule has 0 spiro atoms. The van der Waals surface area contributed by atoms with E-state index in [9.17, 15) is 9.90 Å². The molecule has 4 aromatic carbocycles. The summed E-state index contributed by atoms with van der Waals surface area (Å²) in [6, 6.07) is 32.3. The second-order valence-corrected chi connectivity index (χ2v) is 15.2. The van der Waals surface area contributed by atoms with E-state index in [1.54, 1.807) is 24.3 Å². The van der Waals surface area contributed by atoms with Gasteiger partial charge >= 0.3 is 0 Å². The van der Waals surface area contributed by atoms with E-state index in [0.29, 0.717) is 19.7 Å². The Hall–Kier alpha value is -2.19. The largest absolute Gasteiger partial charge is 0.506 e. The summed E-state index contributed by atoms with van der Waals surface area (Å²) in [7, 11) is -0.715. The minimum Gasteiger partial charge on any atom is -0.506 e. The van der Waals surface area contributed by atoms with Crippen molar-refractivity contribution in [3.05, 3.63) is 116 Å². The first-order valence-electron chi connectivity index (χ1n) is 11.3. The van der Waals surface area contributed by atoms with Crippen molar-refractivity contribution in [3.8, 4) is 5.75 Å². The van der Waals surface area contributed by atoms with Crippen molar-refractivity contribution < 1.29 is 9.90 Å². The van der Waals surface area contributed by atoms with Gasteiger partial charge in [0.05, 0.1) is 10.0 Å². The first-order chi connectivity index (χ1) is 17.1. The Morgan fingerprint density at radius 3 is 1.72 bits per heavy atom. The van der Waals surface area contributed by atoms with Crippen LogP contribution in [-0.2, 0) is 0 Å². The van der Waals surface area contributed by atoms with Gasteiger partial charge in [-0.1, -0.05) is 124 Å². The molecule has 1 amide bonds. The average molecular weight is 689 g/mol. The molecule has 3 nitrogen and oxygen atoms in total. The third kappa shape index (κ3) is 7.90. The van der Waals surface area contributed by atoms with Crippen molar-refractivity contribution in [2.75, 3.05) is 5.32 Å². The highest BCUT2D eigenvalue weighted by Gasteiger charge is 2.29. The van der Waals surface area contributed by atoms with E-state index in [1.165, 1.54) is 10.4 Å². The molecule has 36 heavy (non-hydrogen) atoms. The lowest BCUT2D eigenvalue weighted by Gasteiger charge is -2.29. The van der Waals surface area contributed by atoms with Crippen molar-refractivity contribution in [2.24, 2.45) is 0 Å². The van der Waals surface area contributed by atoms with Crippen molar-refractivity contribution >= 4 is 78.6 Å². The average Bonchev–Trinajstić information content (AvgIpc) is 2.84. The van der Waals surface area contributed by atoms with Gasteiger partial charge < -0.3 is 10.4 Å². The van der Waals surface area contributed by atoms with E-state index < -0.39 is 8.80 Å². The second-order valence-electron chi connectivity index (χ2n) is 9.10. The maximum absolute atomic E-state index is 12.1. The van der Waals surface area contributed by atoms with Crippen molar-refractivity contribution in [2.45, 2.75) is 25.8 Å². The number of aromatic hydroxyl groups is 1. The molecule has 0 bridgehead atoms. The molecule has 0 fully saturated rings. The van der Waals surface area contributed by atoms with Gasteiger partial charge in [0.25, 0.3) is 5.91 Å². The molecule has 1 radical (unpaired) electrons. The fraction of sp³-hybridized carbons (Fsp3) is 0.138. The quantitative estimate of drug-likeness (QED) is 0.214. The molecule has 0 saturated heterocycles. The molecular weight excluding hydrogens is 662 g/mol. The minimum atomic E-state index is -0.715. The van der Waals surface area contributed by atoms with E-state index in [2.05, 4.69) is 135 Å². The number of phenolic OH excluding ortho intramolecular Hbond substituents is 1. The Balaban J connectivity index is 0.000000202. The summed E-state index contributed by atoms with van der Waals surface area (Å²) >= 11 is 9.80. The molecular formula is C29H27Br3NO2Si. The molecule has 0 unspecified atom stereocenters. The van der Waals surface area contributed by atoms with Gasteiger partial charge in [-0.25, -0.2) is 0 Å². The second kappa shape index (κ2) is 12.9. The number of nitrogens with one attached hydrogen (secondary N) is 1. The van der Waals surface area contributed by atoms with Crippen LogP contribution in [0.4, 0.5) is 5.69 Å². The van der Waals surface area contributed by atoms with Crippen LogP contribution < -0.4 is 15.7 Å². The van der Waals surface area contributed by atoms with Gasteiger partial charge in [0, 0.05) is 14.6 Å². The third-order valence-electron chi connectivity index (χ3n) is 5.25. The molecule has 0 aromatic heterocycles. The number of halogens is 3. The summed E-state index contributed by atoms with van der Waals surface area (Å²) < 4.78 is 2.10. The highest BCUT2D eigenvalue weighted by atomic mass is 79.9. The number of amides is 1. The Kier molecular flexibility index (Phi) is 10.1. The summed E-state index contributed by atoms with van der Waals surface area (Å²) in [5.74, 6) is -0.459. The van der Waals surface area contributed by atoms with Crippen LogP contribution in [0.2, 0.25) is 5.04 Å². The molecule has 4 rings (SSSR count). The fourth-order valence-corrected chi connectivity index (χ4v) is 8.32. The van der Waals surface area contributed by atoms with Gasteiger partial charge in [-0.15, -0.1) is 0 Å². The van der Waals surface area contributed by atoms with Crippen LogP contribution in [0, 0.1) is 0 Å². The summed E-state index contributed by atoms with van der Waals surface area (Å²) in [5.41, 5.74) is 0.855. The molecule has 185 valence electrons. The predicted octanol–water partition coefficient (Wildman–Crippen LogP) is 8.03. The maximum atomic E-state index is 12.1. The van der Waals surface area contributed by atoms with Crippen LogP contribution in [0.1, 0.15) is 31.1 Å². The topological polar surface area (TPSA) is 49.3 Å². The summed E-state index contributed by atoms with van der Waals surface area (Å²) in [4.78, 5) is 12.1. The predicted molar refractivity (Wildman–Crippen MR) is 163 cm³/mol. The number of anilines is 1. The molecule has 0 aliphatic carbocycles. The van der Waals surface area contributed by atoms with E-state index in [0.717, 1.165) is 4.47 Å². The normalized spacial score (nSPS) is 11.0. The molecule has 0 aliphatic heterocycles. The van der Waals surface area contributed by atoms with E-state index >= 15 is 0 Å². The van der Waals surface area contributed by atoms with Crippen LogP contribution in [0.3, 0.4) is 0 Å². The summed E-state index contributed by atoms with van der Waals surface area (Å²) in [5, 5.41) is 15.9. The lowest BCUT2D eigenvalue weighted by Crippen LogP contribution is -2.48. The molecule has 0 atom stereocenters. The minimum absolute atomic E-state index is 0.0854. The van der Waals surface area contributed by atoms with Gasteiger partial charge in [-0.05, 0) is 57.4 Å². The van der Waals surface area contributed by atoms with E-state index in [-0.39, 0.29) is 17.2 Å². The van der Waals surface area contributed by atoms with Crippen LogP contribution in [0.15, 0.2) is 110 Å². The number of rotatable bonds is 4. The molecule has 4 aromatic rings. The van der Waals surface area contributed by atoms with Crippen LogP contribution in [0.5, 0.6) is 5.75 Å². The standard InChI is InChI=1S/C16H19Si.C13H8Br3NO2/c1-16(2,3)17(14-10-6-4-7-11-14)15-12-8-5-9-13-15;14-7-1-3-9(4-2-7)17-13(19)10-5-8(15)6-11(16)12(10)18/h4-13H,1-3H3;1-6,18H,(H,17,19). The molecule has 2 N–H and O–H groups in total. The van der Waals surface area contributed by atoms with Gasteiger partial charge in [-0.2, -0.15) is 0 Å². The Morgan fingerprint density at radius 1 is 0.750 bits per heavy atom. The zero-order chi connectivity index (χ0) is 26.3. The SMILES string of the molecule is CC(C)(C)[Si](c1ccccc1)c1ccccc1.O=C(Nc1ccc(Br)cc1)c1cc(Br)cc(Br)c1O. The van der Waals surface area contributed by atoms with E-state index in [1.807, 2.05) is 12.1 Å². The lowest BCUT2D eigenvalue weighted by molar-refractivity contribution is 0.102. The number of carbonyl (C=O) groups is 1.